The van der Waals surface area contributed by atoms with Gasteiger partial charge in [-0.25, -0.2) is 0 Å². The minimum absolute atomic E-state index is 0.148. The maximum Gasteiger partial charge on any atom is 0.238 e. The van der Waals surface area contributed by atoms with Crippen LogP contribution in [0.15, 0.2) is 0 Å². The van der Waals surface area contributed by atoms with Crippen LogP contribution in [-0.4, -0.2) is 42.5 Å². The van der Waals surface area contributed by atoms with Crippen molar-refractivity contribution in [3.05, 3.63) is 0 Å². The van der Waals surface area contributed by atoms with Gasteiger partial charge in [-0.05, 0) is 76.9 Å². The number of likely N-dealkylation sites (tertiary alicyclic amines) is 1. The summed E-state index contributed by atoms with van der Waals surface area (Å²) in [7, 11) is 1.90. The summed E-state index contributed by atoms with van der Waals surface area (Å²) in [5, 5.41) is 3.27. The van der Waals surface area contributed by atoms with Crippen LogP contribution in [0.2, 0.25) is 0 Å². The van der Waals surface area contributed by atoms with Crippen LogP contribution in [-0.2, 0) is 4.79 Å². The lowest BCUT2D eigenvalue weighted by atomic mass is 9.83. The molecule has 2 saturated carbocycles. The van der Waals surface area contributed by atoms with E-state index in [2.05, 4.69) is 10.2 Å². The molecule has 0 radical (unpaired) electrons. The van der Waals surface area contributed by atoms with Crippen molar-refractivity contribution in [3.63, 3.8) is 0 Å². The van der Waals surface area contributed by atoms with Crippen LogP contribution in [0.4, 0.5) is 0 Å². The van der Waals surface area contributed by atoms with Gasteiger partial charge in [0.15, 0.2) is 0 Å². The summed E-state index contributed by atoms with van der Waals surface area (Å²) in [6.07, 6.45) is 11.3. The Labute approximate surface area is 128 Å². The normalized spacial score (nSPS) is 40.3. The number of hydrogen-bond donors (Lipinski definition) is 2. The second kappa shape index (κ2) is 6.25. The lowest BCUT2D eigenvalue weighted by Gasteiger charge is -2.40. The second-order valence-corrected chi connectivity index (χ2v) is 7.40. The van der Waals surface area contributed by atoms with Crippen LogP contribution < -0.4 is 11.1 Å². The number of carbonyl (C=O) groups excluding carboxylic acids is 1. The molecule has 120 valence electrons. The van der Waals surface area contributed by atoms with Crippen molar-refractivity contribution in [3.8, 4) is 0 Å². The van der Waals surface area contributed by atoms with Crippen molar-refractivity contribution in [2.75, 3.05) is 20.1 Å². The van der Waals surface area contributed by atoms with E-state index in [1.165, 1.54) is 38.6 Å². The molecule has 1 heterocycles. The van der Waals surface area contributed by atoms with Gasteiger partial charge < -0.3 is 16.0 Å². The fraction of sp³-hybridized carbons (Fsp3) is 0.941. The van der Waals surface area contributed by atoms with E-state index in [4.69, 9.17) is 5.73 Å². The molecule has 0 aromatic heterocycles. The number of carbonyl (C=O) groups is 1. The molecule has 4 unspecified atom stereocenters. The van der Waals surface area contributed by atoms with E-state index in [0.717, 1.165) is 44.2 Å². The predicted molar refractivity (Wildman–Crippen MR) is 84.9 cm³/mol. The molecule has 0 aromatic rings. The standard InChI is InChI=1S/C17H31N3O/c1-19-17(16(18)21)10-3-7-14(17)9-12-20-11-4-6-13-5-2-8-15(13)20/h13-15,19H,2-12H2,1H3,(H2,18,21). The van der Waals surface area contributed by atoms with Gasteiger partial charge in [-0.3, -0.25) is 4.79 Å². The number of hydrogen-bond acceptors (Lipinski definition) is 3. The Morgan fingerprint density at radius 2 is 2.05 bits per heavy atom. The van der Waals surface area contributed by atoms with Gasteiger partial charge >= 0.3 is 0 Å². The molecule has 1 amide bonds. The minimum Gasteiger partial charge on any atom is -0.368 e. The molecule has 4 atom stereocenters. The third kappa shape index (κ3) is 2.72. The number of nitrogens with zero attached hydrogens (tertiary/aromatic N) is 1. The summed E-state index contributed by atoms with van der Waals surface area (Å²) in [5.41, 5.74) is 5.27. The quantitative estimate of drug-likeness (QED) is 0.814. The van der Waals surface area contributed by atoms with E-state index in [9.17, 15) is 4.79 Å². The Morgan fingerprint density at radius 3 is 2.81 bits per heavy atom. The first-order valence-corrected chi connectivity index (χ1v) is 8.90. The monoisotopic (exact) mass is 293 g/mol. The molecule has 0 aromatic carbocycles. The molecular weight excluding hydrogens is 262 g/mol. The van der Waals surface area contributed by atoms with E-state index in [1.807, 2.05) is 7.05 Å². The van der Waals surface area contributed by atoms with Crippen molar-refractivity contribution >= 4 is 5.91 Å². The van der Waals surface area contributed by atoms with Crippen LogP contribution in [0.3, 0.4) is 0 Å². The first kappa shape index (κ1) is 15.3. The molecule has 1 aliphatic heterocycles. The summed E-state index contributed by atoms with van der Waals surface area (Å²) in [4.78, 5) is 14.7. The number of primary amides is 1. The average Bonchev–Trinajstić information content (AvgIpc) is 3.11. The Hall–Kier alpha value is -0.610. The van der Waals surface area contributed by atoms with E-state index in [0.29, 0.717) is 5.92 Å². The number of rotatable bonds is 5. The van der Waals surface area contributed by atoms with Crippen LogP contribution >= 0.6 is 0 Å². The van der Waals surface area contributed by atoms with Crippen LogP contribution in [0.5, 0.6) is 0 Å². The number of fused-ring (bicyclic) bond motifs is 1. The summed E-state index contributed by atoms with van der Waals surface area (Å²) >= 11 is 0. The van der Waals surface area contributed by atoms with Gasteiger partial charge in [-0.2, -0.15) is 0 Å². The van der Waals surface area contributed by atoms with Gasteiger partial charge in [0.25, 0.3) is 0 Å². The predicted octanol–water partition coefficient (Wildman–Crippen LogP) is 1.88. The lowest BCUT2D eigenvalue weighted by Crippen LogP contribution is -2.57. The van der Waals surface area contributed by atoms with Gasteiger partial charge in [-0.15, -0.1) is 0 Å². The number of nitrogens with one attached hydrogen (secondary N) is 1. The van der Waals surface area contributed by atoms with Crippen molar-refractivity contribution < 1.29 is 4.79 Å². The fourth-order valence-electron chi connectivity index (χ4n) is 5.40. The molecule has 0 spiro atoms. The molecule has 3 fully saturated rings. The summed E-state index contributed by atoms with van der Waals surface area (Å²) in [5.74, 6) is 1.22. The second-order valence-electron chi connectivity index (χ2n) is 7.40. The first-order valence-electron chi connectivity index (χ1n) is 8.90. The highest BCUT2D eigenvalue weighted by Gasteiger charge is 2.46. The highest BCUT2D eigenvalue weighted by molar-refractivity contribution is 5.85. The SMILES string of the molecule is CNC1(C(N)=O)CCCC1CCN1CCCC2CCCC21. The number of nitrogens with two attached hydrogens (primary N) is 1. The molecular formula is C17H31N3O. The molecule has 3 N–H and O–H groups in total. The third-order valence-corrected chi connectivity index (χ3v) is 6.58. The van der Waals surface area contributed by atoms with E-state index in [-0.39, 0.29) is 5.91 Å². The Kier molecular flexibility index (Phi) is 4.55. The largest absolute Gasteiger partial charge is 0.368 e. The van der Waals surface area contributed by atoms with Crippen LogP contribution in [0.25, 0.3) is 0 Å². The number of likely N-dealkylation sites (N-methyl/N-ethyl adjacent to an activating group) is 1. The van der Waals surface area contributed by atoms with E-state index >= 15 is 0 Å². The molecule has 4 nitrogen and oxygen atoms in total. The zero-order valence-corrected chi connectivity index (χ0v) is 13.4. The number of amides is 1. The molecule has 1 saturated heterocycles. The highest BCUT2D eigenvalue weighted by Crippen LogP contribution is 2.40. The van der Waals surface area contributed by atoms with Crippen molar-refractivity contribution in [2.45, 2.75) is 69.4 Å². The maximum atomic E-state index is 11.9. The zero-order valence-electron chi connectivity index (χ0n) is 13.4. The first-order chi connectivity index (χ1) is 10.2. The third-order valence-electron chi connectivity index (χ3n) is 6.58. The molecule has 4 heteroatoms. The molecule has 3 rings (SSSR count). The van der Waals surface area contributed by atoms with E-state index in [1.54, 1.807) is 0 Å². The Morgan fingerprint density at radius 1 is 1.24 bits per heavy atom. The Balaban J connectivity index is 1.60. The smallest absolute Gasteiger partial charge is 0.238 e. The lowest BCUT2D eigenvalue weighted by molar-refractivity contribution is -0.125. The van der Waals surface area contributed by atoms with E-state index < -0.39 is 5.54 Å². The molecule has 3 aliphatic rings. The van der Waals surface area contributed by atoms with Crippen LogP contribution in [0.1, 0.15) is 57.8 Å². The maximum absolute atomic E-state index is 11.9. The van der Waals surface area contributed by atoms with Gasteiger partial charge in [0.05, 0.1) is 0 Å². The van der Waals surface area contributed by atoms with Gasteiger partial charge in [0, 0.05) is 6.04 Å². The summed E-state index contributed by atoms with van der Waals surface area (Å²) in [6, 6.07) is 0.831. The highest BCUT2D eigenvalue weighted by atomic mass is 16.1. The fourth-order valence-corrected chi connectivity index (χ4v) is 5.40. The van der Waals surface area contributed by atoms with Crippen molar-refractivity contribution in [1.29, 1.82) is 0 Å². The minimum atomic E-state index is -0.440. The summed E-state index contributed by atoms with van der Waals surface area (Å²) < 4.78 is 0. The summed E-state index contributed by atoms with van der Waals surface area (Å²) in [6.45, 7) is 2.42. The molecule has 2 aliphatic carbocycles. The zero-order chi connectivity index (χ0) is 14.9. The Bertz CT molecular complexity index is 386. The van der Waals surface area contributed by atoms with Crippen molar-refractivity contribution in [2.24, 2.45) is 17.6 Å². The van der Waals surface area contributed by atoms with Gasteiger partial charge in [0.2, 0.25) is 5.91 Å². The van der Waals surface area contributed by atoms with Crippen LogP contribution in [0, 0.1) is 11.8 Å². The topological polar surface area (TPSA) is 58.4 Å². The molecule has 21 heavy (non-hydrogen) atoms. The van der Waals surface area contributed by atoms with Crippen molar-refractivity contribution in [1.82, 2.24) is 10.2 Å². The number of piperidine rings is 1. The molecule has 0 bridgehead atoms. The van der Waals surface area contributed by atoms with Gasteiger partial charge in [-0.1, -0.05) is 12.8 Å². The van der Waals surface area contributed by atoms with Gasteiger partial charge in [0.1, 0.15) is 5.54 Å². The average molecular weight is 293 g/mol.